The van der Waals surface area contributed by atoms with Crippen LogP contribution in [0.2, 0.25) is 5.02 Å². The predicted molar refractivity (Wildman–Crippen MR) is 135 cm³/mol. The van der Waals surface area contributed by atoms with Gasteiger partial charge in [-0.05, 0) is 55.5 Å². The second-order valence-corrected chi connectivity index (χ2v) is 9.54. The van der Waals surface area contributed by atoms with Crippen molar-refractivity contribution < 1.29 is 27.4 Å². The number of hydrogen-bond acceptors (Lipinski definition) is 6. The van der Waals surface area contributed by atoms with Crippen molar-refractivity contribution in [1.82, 2.24) is 5.32 Å². The van der Waals surface area contributed by atoms with E-state index in [1.54, 1.807) is 62.6 Å². The summed E-state index contributed by atoms with van der Waals surface area (Å²) in [6, 6.07) is 19.5. The van der Waals surface area contributed by atoms with Gasteiger partial charge in [-0.3, -0.25) is 9.10 Å². The van der Waals surface area contributed by atoms with Gasteiger partial charge >= 0.3 is 0 Å². The molecule has 0 aliphatic carbocycles. The highest BCUT2D eigenvalue weighted by atomic mass is 35.5. The molecule has 0 fully saturated rings. The first kappa shape index (κ1) is 26.2. The van der Waals surface area contributed by atoms with Crippen molar-refractivity contribution in [2.45, 2.75) is 11.8 Å². The third-order valence-corrected chi connectivity index (χ3v) is 6.88. The number of amides is 1. The van der Waals surface area contributed by atoms with Gasteiger partial charge in [-0.25, -0.2) is 8.42 Å². The highest BCUT2D eigenvalue weighted by Crippen LogP contribution is 2.32. The van der Waals surface area contributed by atoms with Gasteiger partial charge in [0.05, 0.1) is 30.8 Å². The van der Waals surface area contributed by atoms with E-state index < -0.39 is 22.5 Å². The second kappa shape index (κ2) is 12.3. The number of rotatable bonds is 12. The van der Waals surface area contributed by atoms with Gasteiger partial charge in [0.15, 0.2) is 0 Å². The van der Waals surface area contributed by atoms with E-state index in [4.69, 9.17) is 25.8 Å². The Kier molecular flexibility index (Phi) is 9.22. The zero-order valence-electron chi connectivity index (χ0n) is 19.4. The molecule has 1 amide bonds. The average molecular weight is 519 g/mol. The lowest BCUT2D eigenvalue weighted by Gasteiger charge is -2.26. The van der Waals surface area contributed by atoms with Gasteiger partial charge in [-0.2, -0.15) is 0 Å². The number of sulfonamides is 1. The molecular weight excluding hydrogens is 492 g/mol. The van der Waals surface area contributed by atoms with Crippen LogP contribution in [0.4, 0.5) is 5.69 Å². The molecule has 1 N–H and O–H groups in total. The van der Waals surface area contributed by atoms with E-state index in [0.717, 1.165) is 4.31 Å². The standard InChI is InChI=1S/C25H27ClN2O6S/c1-3-33-24-10-5-4-9-23(24)28(35(30,31)22-13-11-19(26)12-14-22)18-25(29)27-15-16-34-21-8-6-7-20(17-21)32-2/h4-14,17H,3,15-16,18H2,1-2H3,(H,27,29). The molecule has 0 atom stereocenters. The van der Waals surface area contributed by atoms with Crippen LogP contribution in [0.25, 0.3) is 0 Å². The number of ether oxygens (including phenoxy) is 3. The quantitative estimate of drug-likeness (QED) is 0.362. The van der Waals surface area contributed by atoms with Crippen LogP contribution in [0.5, 0.6) is 17.2 Å². The largest absolute Gasteiger partial charge is 0.497 e. The van der Waals surface area contributed by atoms with E-state index >= 15 is 0 Å². The Labute approximate surface area is 210 Å². The number of para-hydroxylation sites is 2. The highest BCUT2D eigenvalue weighted by Gasteiger charge is 2.29. The number of anilines is 1. The van der Waals surface area contributed by atoms with Crippen molar-refractivity contribution in [3.8, 4) is 17.2 Å². The summed E-state index contributed by atoms with van der Waals surface area (Å²) in [5, 5.41) is 3.10. The lowest BCUT2D eigenvalue weighted by Crippen LogP contribution is -2.42. The summed E-state index contributed by atoms with van der Waals surface area (Å²) in [4.78, 5) is 12.8. The van der Waals surface area contributed by atoms with Gasteiger partial charge in [-0.1, -0.05) is 29.8 Å². The molecule has 0 saturated heterocycles. The highest BCUT2D eigenvalue weighted by molar-refractivity contribution is 7.92. The van der Waals surface area contributed by atoms with Crippen LogP contribution in [-0.4, -0.2) is 47.7 Å². The number of nitrogens with zero attached hydrogens (tertiary/aromatic N) is 1. The van der Waals surface area contributed by atoms with Crippen LogP contribution in [0.3, 0.4) is 0 Å². The third kappa shape index (κ3) is 7.03. The van der Waals surface area contributed by atoms with Gasteiger partial charge in [0.1, 0.15) is 30.4 Å². The molecule has 0 spiro atoms. The fourth-order valence-corrected chi connectivity index (χ4v) is 4.77. The molecular formula is C25H27ClN2O6S. The minimum atomic E-state index is -4.10. The van der Waals surface area contributed by atoms with Crippen molar-refractivity contribution in [2.24, 2.45) is 0 Å². The first-order valence-corrected chi connectivity index (χ1v) is 12.7. The summed E-state index contributed by atoms with van der Waals surface area (Å²) in [5.74, 6) is 1.10. The molecule has 0 heterocycles. The molecule has 3 aromatic carbocycles. The lowest BCUT2D eigenvalue weighted by molar-refractivity contribution is -0.119. The molecule has 0 saturated carbocycles. The van der Waals surface area contributed by atoms with Gasteiger partial charge in [0.25, 0.3) is 10.0 Å². The number of carbonyl (C=O) groups excluding carboxylic acids is 1. The summed E-state index contributed by atoms with van der Waals surface area (Å²) in [5.41, 5.74) is 0.257. The van der Waals surface area contributed by atoms with Crippen LogP contribution in [-0.2, 0) is 14.8 Å². The van der Waals surface area contributed by atoms with E-state index in [0.29, 0.717) is 28.9 Å². The zero-order chi connectivity index (χ0) is 25.3. The van der Waals surface area contributed by atoms with Crippen molar-refractivity contribution in [3.05, 3.63) is 77.8 Å². The Bertz CT molecular complexity index is 1230. The SMILES string of the molecule is CCOc1ccccc1N(CC(=O)NCCOc1cccc(OC)c1)S(=O)(=O)c1ccc(Cl)cc1. The Morgan fingerprint density at radius 2 is 1.69 bits per heavy atom. The lowest BCUT2D eigenvalue weighted by atomic mass is 10.3. The van der Waals surface area contributed by atoms with Gasteiger partial charge in [-0.15, -0.1) is 0 Å². The molecule has 0 aliphatic rings. The first-order valence-electron chi connectivity index (χ1n) is 10.9. The molecule has 0 radical (unpaired) electrons. The van der Waals surface area contributed by atoms with E-state index in [-0.39, 0.29) is 23.7 Å². The third-order valence-electron chi connectivity index (χ3n) is 4.86. The smallest absolute Gasteiger partial charge is 0.264 e. The number of carbonyl (C=O) groups is 1. The topological polar surface area (TPSA) is 94.2 Å². The molecule has 35 heavy (non-hydrogen) atoms. The van der Waals surface area contributed by atoms with Crippen molar-refractivity contribution in [2.75, 3.05) is 37.7 Å². The van der Waals surface area contributed by atoms with Crippen LogP contribution in [0.15, 0.2) is 77.7 Å². The minimum Gasteiger partial charge on any atom is -0.497 e. The molecule has 0 aliphatic heterocycles. The predicted octanol–water partition coefficient (Wildman–Crippen LogP) is 4.14. The minimum absolute atomic E-state index is 0.00218. The molecule has 3 rings (SSSR count). The summed E-state index contributed by atoms with van der Waals surface area (Å²) in [6.07, 6.45) is 0. The van der Waals surface area contributed by atoms with Crippen LogP contribution in [0, 0.1) is 0 Å². The summed E-state index contributed by atoms with van der Waals surface area (Å²) in [7, 11) is -2.54. The molecule has 0 aromatic heterocycles. The van der Waals surface area contributed by atoms with Gasteiger partial charge in [0, 0.05) is 11.1 Å². The fourth-order valence-electron chi connectivity index (χ4n) is 3.21. The Morgan fingerprint density at radius 3 is 2.40 bits per heavy atom. The maximum absolute atomic E-state index is 13.5. The van der Waals surface area contributed by atoms with E-state index in [1.807, 2.05) is 0 Å². The van der Waals surface area contributed by atoms with Gasteiger partial charge in [0.2, 0.25) is 5.91 Å². The molecule has 0 unspecified atom stereocenters. The van der Waals surface area contributed by atoms with Crippen LogP contribution in [0.1, 0.15) is 6.92 Å². The van der Waals surface area contributed by atoms with Crippen molar-refractivity contribution in [3.63, 3.8) is 0 Å². The van der Waals surface area contributed by atoms with E-state index in [1.165, 1.54) is 24.3 Å². The maximum atomic E-state index is 13.5. The Morgan fingerprint density at radius 1 is 0.971 bits per heavy atom. The van der Waals surface area contributed by atoms with Crippen molar-refractivity contribution >= 4 is 33.2 Å². The van der Waals surface area contributed by atoms with Crippen LogP contribution < -0.4 is 23.8 Å². The summed E-state index contributed by atoms with van der Waals surface area (Å²) >= 11 is 5.93. The molecule has 3 aromatic rings. The zero-order valence-corrected chi connectivity index (χ0v) is 21.0. The van der Waals surface area contributed by atoms with E-state index in [9.17, 15) is 13.2 Å². The number of methoxy groups -OCH3 is 1. The number of hydrogen-bond donors (Lipinski definition) is 1. The fraction of sp³-hybridized carbons (Fsp3) is 0.240. The number of halogens is 1. The summed E-state index contributed by atoms with van der Waals surface area (Å²) in [6.45, 7) is 2.05. The monoisotopic (exact) mass is 518 g/mol. The first-order chi connectivity index (χ1) is 16.8. The maximum Gasteiger partial charge on any atom is 0.264 e. The molecule has 186 valence electrons. The number of benzene rings is 3. The Hall–Kier alpha value is -3.43. The van der Waals surface area contributed by atoms with Crippen molar-refractivity contribution in [1.29, 1.82) is 0 Å². The summed E-state index contributed by atoms with van der Waals surface area (Å²) < 4.78 is 44.5. The van der Waals surface area contributed by atoms with E-state index in [2.05, 4.69) is 5.32 Å². The Balaban J connectivity index is 1.75. The van der Waals surface area contributed by atoms with Gasteiger partial charge < -0.3 is 19.5 Å². The number of nitrogens with one attached hydrogen (secondary N) is 1. The second-order valence-electron chi connectivity index (χ2n) is 7.24. The average Bonchev–Trinajstić information content (AvgIpc) is 2.86. The molecule has 0 bridgehead atoms. The molecule has 8 nitrogen and oxygen atoms in total. The normalized spacial score (nSPS) is 10.9. The molecule has 10 heteroatoms. The van der Waals surface area contributed by atoms with Crippen LogP contribution >= 0.6 is 11.6 Å².